The molecule has 218 valence electrons. The highest BCUT2D eigenvalue weighted by atomic mass is 16.1. The smallest absolute Gasteiger partial charge is 0.123 e. The summed E-state index contributed by atoms with van der Waals surface area (Å²) in [6.45, 7) is 11.2. The van der Waals surface area contributed by atoms with Gasteiger partial charge in [-0.1, -0.05) is 143 Å². The third-order valence-electron chi connectivity index (χ3n) is 8.64. The molecule has 1 heteroatoms. The first-order valence-electron chi connectivity index (χ1n) is 16.1. The normalized spacial score (nSPS) is 13.6. The summed E-state index contributed by atoms with van der Waals surface area (Å²) in [6.07, 6.45) is 18.2. The number of hydrogen-bond donors (Lipinski definition) is 0. The van der Waals surface area contributed by atoms with E-state index in [-0.39, 0.29) is 5.92 Å². The molecule has 0 fully saturated rings. The van der Waals surface area contributed by atoms with Gasteiger partial charge in [-0.15, -0.1) is 0 Å². The molecule has 3 aromatic carbocycles. The summed E-state index contributed by atoms with van der Waals surface area (Å²) in [5.74, 6) is 1.30. The van der Waals surface area contributed by atoms with Gasteiger partial charge in [0.25, 0.3) is 0 Å². The van der Waals surface area contributed by atoms with Crippen LogP contribution in [0.25, 0.3) is 22.3 Å². The van der Waals surface area contributed by atoms with Crippen LogP contribution in [0, 0.1) is 17.8 Å². The molecule has 1 nitrogen and oxygen atoms in total. The lowest BCUT2D eigenvalue weighted by molar-refractivity contribution is -0.111. The first-order valence-corrected chi connectivity index (χ1v) is 16.1. The van der Waals surface area contributed by atoms with Crippen molar-refractivity contribution in [1.29, 1.82) is 0 Å². The zero-order chi connectivity index (χ0) is 29.3. The van der Waals surface area contributed by atoms with Gasteiger partial charge in [0.15, 0.2) is 0 Å². The van der Waals surface area contributed by atoms with Gasteiger partial charge in [0.2, 0.25) is 0 Å². The number of rotatable bonds is 19. The van der Waals surface area contributed by atoms with Crippen LogP contribution in [-0.2, 0) is 11.2 Å². The van der Waals surface area contributed by atoms with E-state index in [9.17, 15) is 4.79 Å². The van der Waals surface area contributed by atoms with Crippen LogP contribution in [0.1, 0.15) is 90.5 Å². The lowest BCUT2D eigenvalue weighted by Gasteiger charge is -2.22. The van der Waals surface area contributed by atoms with E-state index in [0.717, 1.165) is 32.1 Å². The Labute approximate surface area is 250 Å². The maximum Gasteiger partial charge on any atom is 0.123 e. The zero-order valence-electron chi connectivity index (χ0n) is 25.9. The summed E-state index contributed by atoms with van der Waals surface area (Å²) in [5.41, 5.74) is 7.61. The SMILES string of the molecule is C=C(CCCC=CC)C(CCC)CCCC(CC)CC(C=O)Cc1cccc(-c2ccccc2-c2ccccc2)c1. The molecule has 0 saturated heterocycles. The molecule has 0 N–H and O–H groups in total. The van der Waals surface area contributed by atoms with Crippen LogP contribution in [-0.4, -0.2) is 6.29 Å². The molecule has 3 aromatic rings. The minimum atomic E-state index is 0.0626. The number of allylic oxidation sites excluding steroid dienone is 3. The first kappa shape index (κ1) is 32.3. The predicted molar refractivity (Wildman–Crippen MR) is 179 cm³/mol. The van der Waals surface area contributed by atoms with E-state index < -0.39 is 0 Å². The number of aldehydes is 1. The van der Waals surface area contributed by atoms with Gasteiger partial charge in [-0.2, -0.15) is 0 Å². The summed E-state index contributed by atoms with van der Waals surface area (Å²) in [5, 5.41) is 0. The second-order valence-electron chi connectivity index (χ2n) is 11.8. The van der Waals surface area contributed by atoms with Gasteiger partial charge in [-0.05, 0) is 91.5 Å². The summed E-state index contributed by atoms with van der Waals surface area (Å²) < 4.78 is 0. The van der Waals surface area contributed by atoms with Gasteiger partial charge in [0, 0.05) is 5.92 Å². The standard InChI is InChI=1S/C40H52O/c1-5-8-9-11-19-32(4)36(18-6-2)24-16-20-33(7-3)28-35(31-41)29-34-21-17-25-38(30-34)40-27-15-14-26-39(40)37-22-12-10-13-23-37/h5,8,10,12-15,17,21-23,25-27,30-31,33,35-36H,4,6-7,9,11,16,18-20,24,28-29H2,1-3H3. The summed E-state index contributed by atoms with van der Waals surface area (Å²) in [6, 6.07) is 28.0. The fourth-order valence-electron chi connectivity index (χ4n) is 6.25. The Hall–Kier alpha value is -3.19. The zero-order valence-corrected chi connectivity index (χ0v) is 25.9. The Morgan fingerprint density at radius 1 is 0.829 bits per heavy atom. The van der Waals surface area contributed by atoms with Crippen molar-refractivity contribution in [1.82, 2.24) is 0 Å². The Balaban J connectivity index is 1.59. The van der Waals surface area contributed by atoms with Crippen molar-refractivity contribution in [2.45, 2.75) is 91.4 Å². The van der Waals surface area contributed by atoms with Crippen LogP contribution >= 0.6 is 0 Å². The minimum Gasteiger partial charge on any atom is -0.303 e. The van der Waals surface area contributed by atoms with Crippen molar-refractivity contribution in [2.24, 2.45) is 17.8 Å². The number of carbonyl (C=O) groups is 1. The third kappa shape index (κ3) is 10.6. The molecule has 0 radical (unpaired) electrons. The Morgan fingerprint density at radius 3 is 2.22 bits per heavy atom. The molecule has 3 atom stereocenters. The molecule has 0 spiro atoms. The van der Waals surface area contributed by atoms with Gasteiger partial charge >= 0.3 is 0 Å². The van der Waals surface area contributed by atoms with Crippen molar-refractivity contribution in [2.75, 3.05) is 0 Å². The molecule has 0 aliphatic heterocycles. The number of hydrogen-bond acceptors (Lipinski definition) is 1. The summed E-state index contributed by atoms with van der Waals surface area (Å²) >= 11 is 0. The second-order valence-corrected chi connectivity index (χ2v) is 11.8. The van der Waals surface area contributed by atoms with Crippen molar-refractivity contribution in [3.63, 3.8) is 0 Å². The van der Waals surface area contributed by atoms with Gasteiger partial charge in [-0.25, -0.2) is 0 Å². The molecule has 0 aliphatic carbocycles. The first-order chi connectivity index (χ1) is 20.1. The topological polar surface area (TPSA) is 17.1 Å². The van der Waals surface area contributed by atoms with E-state index in [1.165, 1.54) is 78.2 Å². The molecule has 0 saturated carbocycles. The quantitative estimate of drug-likeness (QED) is 0.0827. The van der Waals surface area contributed by atoms with Crippen LogP contribution in [0.15, 0.2) is 103 Å². The highest BCUT2D eigenvalue weighted by Gasteiger charge is 2.18. The molecule has 0 bridgehead atoms. The van der Waals surface area contributed by atoms with Crippen LogP contribution in [0.2, 0.25) is 0 Å². The van der Waals surface area contributed by atoms with Crippen LogP contribution in [0.4, 0.5) is 0 Å². The van der Waals surface area contributed by atoms with Crippen molar-refractivity contribution in [3.8, 4) is 22.3 Å². The number of benzene rings is 3. The van der Waals surface area contributed by atoms with Gasteiger partial charge < -0.3 is 4.79 Å². The average molecular weight is 549 g/mol. The lowest BCUT2D eigenvalue weighted by Crippen LogP contribution is -2.13. The Bertz CT molecular complexity index is 1200. The fourth-order valence-corrected chi connectivity index (χ4v) is 6.25. The van der Waals surface area contributed by atoms with Gasteiger partial charge in [0.05, 0.1) is 0 Å². The van der Waals surface area contributed by atoms with E-state index >= 15 is 0 Å². The Morgan fingerprint density at radius 2 is 1.54 bits per heavy atom. The second kappa shape index (κ2) is 18.3. The van der Waals surface area contributed by atoms with Crippen molar-refractivity contribution < 1.29 is 4.79 Å². The van der Waals surface area contributed by atoms with E-state index in [1.807, 2.05) is 0 Å². The van der Waals surface area contributed by atoms with Crippen LogP contribution in [0.5, 0.6) is 0 Å². The largest absolute Gasteiger partial charge is 0.303 e. The Kier molecular flexibility index (Phi) is 14.4. The van der Waals surface area contributed by atoms with E-state index in [4.69, 9.17) is 0 Å². The summed E-state index contributed by atoms with van der Waals surface area (Å²) in [4.78, 5) is 12.2. The van der Waals surface area contributed by atoms with Crippen LogP contribution < -0.4 is 0 Å². The molecule has 0 amide bonds. The van der Waals surface area contributed by atoms with E-state index in [0.29, 0.717) is 11.8 Å². The van der Waals surface area contributed by atoms with Crippen molar-refractivity contribution in [3.05, 3.63) is 109 Å². The molecule has 3 unspecified atom stereocenters. The molecule has 3 rings (SSSR count). The minimum absolute atomic E-state index is 0.0626. The van der Waals surface area contributed by atoms with Crippen LogP contribution in [0.3, 0.4) is 0 Å². The maximum absolute atomic E-state index is 12.2. The maximum atomic E-state index is 12.2. The molecular formula is C40H52O. The highest BCUT2D eigenvalue weighted by Crippen LogP contribution is 2.33. The lowest BCUT2D eigenvalue weighted by atomic mass is 9.83. The molecular weight excluding hydrogens is 496 g/mol. The third-order valence-corrected chi connectivity index (χ3v) is 8.64. The van der Waals surface area contributed by atoms with E-state index in [2.05, 4.69) is 118 Å². The fraction of sp³-hybridized carbons (Fsp3) is 0.425. The number of carbonyl (C=O) groups excluding carboxylic acids is 1. The van der Waals surface area contributed by atoms with Crippen molar-refractivity contribution >= 4 is 6.29 Å². The molecule has 0 aromatic heterocycles. The molecule has 0 aliphatic rings. The summed E-state index contributed by atoms with van der Waals surface area (Å²) in [7, 11) is 0. The number of unbranched alkanes of at least 4 members (excludes halogenated alkanes) is 1. The van der Waals surface area contributed by atoms with Gasteiger partial charge in [0.1, 0.15) is 6.29 Å². The van der Waals surface area contributed by atoms with E-state index in [1.54, 1.807) is 0 Å². The average Bonchev–Trinajstić information content (AvgIpc) is 3.02. The monoisotopic (exact) mass is 548 g/mol. The predicted octanol–water partition coefficient (Wildman–Crippen LogP) is 11.7. The molecule has 0 heterocycles. The molecule has 41 heavy (non-hydrogen) atoms. The van der Waals surface area contributed by atoms with Gasteiger partial charge in [-0.3, -0.25) is 0 Å². The highest BCUT2D eigenvalue weighted by molar-refractivity contribution is 5.83.